The van der Waals surface area contributed by atoms with Gasteiger partial charge in [0.25, 0.3) is 0 Å². The molecule has 0 aliphatic carbocycles. The molecule has 1 saturated heterocycles. The Morgan fingerprint density at radius 1 is 1.56 bits per heavy atom. The van der Waals surface area contributed by atoms with E-state index in [1.165, 1.54) is 7.11 Å². The van der Waals surface area contributed by atoms with Crippen LogP contribution in [0.1, 0.15) is 13.8 Å². The summed E-state index contributed by atoms with van der Waals surface area (Å²) in [5, 5.41) is 11.2. The molecule has 0 saturated carbocycles. The van der Waals surface area contributed by atoms with Crippen LogP contribution in [0.25, 0.3) is 0 Å². The number of carbonyl (C=O) groups is 2. The van der Waals surface area contributed by atoms with E-state index in [0.717, 1.165) is 0 Å². The third kappa shape index (κ3) is 4.59. The molecule has 0 spiro atoms. The highest BCUT2D eigenvalue weighted by Gasteiger charge is 2.33. The summed E-state index contributed by atoms with van der Waals surface area (Å²) in [6, 6.07) is 0. The maximum atomic E-state index is 11.5. The summed E-state index contributed by atoms with van der Waals surface area (Å²) in [6.45, 7) is 4.75. The van der Waals surface area contributed by atoms with Crippen LogP contribution in [-0.4, -0.2) is 67.1 Å². The Kier molecular flexibility index (Phi) is 5.06. The van der Waals surface area contributed by atoms with Crippen molar-refractivity contribution in [2.45, 2.75) is 25.6 Å². The minimum absolute atomic E-state index is 0.0678. The number of carbonyl (C=O) groups excluding carboxylic acids is 2. The van der Waals surface area contributed by atoms with Gasteiger partial charge in [-0.3, -0.25) is 15.0 Å². The third-order valence-electron chi connectivity index (χ3n) is 2.55. The lowest BCUT2D eigenvalue weighted by atomic mass is 10.1. The van der Waals surface area contributed by atoms with Crippen LogP contribution in [0.4, 0.5) is 4.79 Å². The Balaban J connectivity index is 2.50. The minimum atomic E-state index is -0.772. The van der Waals surface area contributed by atoms with Gasteiger partial charge in [0.15, 0.2) is 0 Å². The Bertz CT molecular complexity index is 319. The van der Waals surface area contributed by atoms with E-state index in [-0.39, 0.29) is 19.3 Å². The molecule has 1 aliphatic heterocycles. The number of amides is 2. The number of methoxy groups -OCH3 is 1. The minimum Gasteiger partial charge on any atom is -0.453 e. The van der Waals surface area contributed by atoms with Gasteiger partial charge in [-0.25, -0.2) is 4.79 Å². The van der Waals surface area contributed by atoms with Gasteiger partial charge >= 0.3 is 6.09 Å². The first-order chi connectivity index (χ1) is 8.36. The highest BCUT2D eigenvalue weighted by atomic mass is 16.5. The van der Waals surface area contributed by atoms with Gasteiger partial charge in [-0.15, -0.1) is 0 Å². The van der Waals surface area contributed by atoms with Crippen LogP contribution < -0.4 is 5.32 Å². The zero-order chi connectivity index (χ0) is 13.8. The number of aliphatic hydroxyl groups is 1. The number of rotatable bonds is 3. The second-order valence-electron chi connectivity index (χ2n) is 4.89. The van der Waals surface area contributed by atoms with Gasteiger partial charge in [-0.05, 0) is 13.8 Å². The van der Waals surface area contributed by atoms with Crippen molar-refractivity contribution in [2.75, 3.05) is 33.4 Å². The molecule has 104 valence electrons. The predicted octanol–water partition coefficient (Wildman–Crippen LogP) is -0.659. The molecule has 18 heavy (non-hydrogen) atoms. The fourth-order valence-corrected chi connectivity index (χ4v) is 2.04. The monoisotopic (exact) mass is 260 g/mol. The van der Waals surface area contributed by atoms with Crippen molar-refractivity contribution < 1.29 is 24.2 Å². The van der Waals surface area contributed by atoms with Crippen molar-refractivity contribution in [3.63, 3.8) is 0 Å². The maximum absolute atomic E-state index is 11.5. The topological polar surface area (TPSA) is 88.1 Å². The number of hydrogen-bond donors (Lipinski definition) is 2. The molecule has 0 radical (unpaired) electrons. The van der Waals surface area contributed by atoms with Crippen LogP contribution >= 0.6 is 0 Å². The van der Waals surface area contributed by atoms with Crippen molar-refractivity contribution >= 4 is 12.0 Å². The van der Waals surface area contributed by atoms with Crippen LogP contribution in [0.2, 0.25) is 0 Å². The number of ether oxygens (including phenoxy) is 2. The number of nitrogens with one attached hydrogen (secondary N) is 1. The molecule has 1 unspecified atom stereocenters. The van der Waals surface area contributed by atoms with E-state index in [9.17, 15) is 9.59 Å². The van der Waals surface area contributed by atoms with E-state index >= 15 is 0 Å². The number of alkyl carbamates (subject to hydrolysis) is 1. The summed E-state index contributed by atoms with van der Waals surface area (Å²) in [5.41, 5.74) is -0.433. The third-order valence-corrected chi connectivity index (χ3v) is 2.55. The lowest BCUT2D eigenvalue weighted by Gasteiger charge is -2.41. The van der Waals surface area contributed by atoms with E-state index in [0.29, 0.717) is 13.1 Å². The summed E-state index contributed by atoms with van der Waals surface area (Å²) >= 11 is 0. The largest absolute Gasteiger partial charge is 0.453 e. The van der Waals surface area contributed by atoms with E-state index in [1.54, 1.807) is 0 Å². The molecule has 1 atom stereocenters. The summed E-state index contributed by atoms with van der Waals surface area (Å²) in [6.07, 6.45) is -1.09. The van der Waals surface area contributed by atoms with Crippen LogP contribution in [0.3, 0.4) is 0 Å². The molecular weight excluding hydrogens is 240 g/mol. The van der Waals surface area contributed by atoms with Gasteiger partial charge in [0.05, 0.1) is 32.0 Å². The first-order valence-corrected chi connectivity index (χ1v) is 5.75. The maximum Gasteiger partial charge on any atom is 0.413 e. The summed E-state index contributed by atoms with van der Waals surface area (Å²) in [4.78, 5) is 24.2. The van der Waals surface area contributed by atoms with Gasteiger partial charge in [0, 0.05) is 13.1 Å². The number of hydrogen-bond acceptors (Lipinski definition) is 6. The summed E-state index contributed by atoms with van der Waals surface area (Å²) in [7, 11) is 1.20. The Morgan fingerprint density at radius 3 is 2.78 bits per heavy atom. The molecule has 1 aliphatic rings. The number of aliphatic hydroxyl groups excluding tert-OH is 1. The molecule has 0 aromatic heterocycles. The quantitative estimate of drug-likeness (QED) is 0.700. The normalized spacial score (nSPS) is 23.4. The van der Waals surface area contributed by atoms with Crippen molar-refractivity contribution in [1.29, 1.82) is 0 Å². The molecule has 7 heteroatoms. The lowest BCUT2D eigenvalue weighted by molar-refractivity contribution is -0.152. The van der Waals surface area contributed by atoms with Crippen molar-refractivity contribution in [3.8, 4) is 0 Å². The van der Waals surface area contributed by atoms with Crippen molar-refractivity contribution in [1.82, 2.24) is 10.2 Å². The molecule has 1 rings (SSSR count). The molecule has 1 fully saturated rings. The van der Waals surface area contributed by atoms with Crippen LogP contribution in [0.5, 0.6) is 0 Å². The highest BCUT2D eigenvalue weighted by molar-refractivity contribution is 5.92. The van der Waals surface area contributed by atoms with Crippen LogP contribution in [-0.2, 0) is 14.3 Å². The second-order valence-corrected chi connectivity index (χ2v) is 4.89. The molecule has 1 heterocycles. The van der Waals surface area contributed by atoms with Crippen LogP contribution in [0, 0.1) is 0 Å². The lowest BCUT2D eigenvalue weighted by Crippen LogP contribution is -2.56. The summed E-state index contributed by atoms with van der Waals surface area (Å²) in [5.74, 6) is -0.434. The van der Waals surface area contributed by atoms with E-state index in [2.05, 4.69) is 10.1 Å². The average molecular weight is 260 g/mol. The van der Waals surface area contributed by atoms with E-state index in [1.807, 2.05) is 18.7 Å². The van der Waals surface area contributed by atoms with Crippen LogP contribution in [0.15, 0.2) is 0 Å². The Labute approximate surface area is 106 Å². The van der Waals surface area contributed by atoms with Gasteiger partial charge in [0.2, 0.25) is 5.91 Å². The molecule has 0 bridgehead atoms. The zero-order valence-corrected chi connectivity index (χ0v) is 10.9. The first-order valence-electron chi connectivity index (χ1n) is 5.75. The molecular formula is C11H20N2O5. The number of imide groups is 1. The van der Waals surface area contributed by atoms with Gasteiger partial charge < -0.3 is 14.6 Å². The zero-order valence-electron chi connectivity index (χ0n) is 10.9. The smallest absolute Gasteiger partial charge is 0.413 e. The Hall–Kier alpha value is -1.18. The van der Waals surface area contributed by atoms with Gasteiger partial charge in [-0.2, -0.15) is 0 Å². The Morgan fingerprint density at radius 2 is 2.22 bits per heavy atom. The molecule has 0 aromatic rings. The summed E-state index contributed by atoms with van der Waals surface area (Å²) < 4.78 is 9.96. The molecule has 0 aromatic carbocycles. The van der Waals surface area contributed by atoms with E-state index < -0.39 is 17.6 Å². The first kappa shape index (κ1) is 14.9. The highest BCUT2D eigenvalue weighted by Crippen LogP contribution is 2.20. The second kappa shape index (κ2) is 6.12. The molecule has 2 N–H and O–H groups in total. The predicted molar refractivity (Wildman–Crippen MR) is 63.0 cm³/mol. The standard InChI is InChI=1S/C11H20N2O5/c1-11(2)7-13(4-8(6-14)18-11)5-9(15)12-10(16)17-3/h8,14H,4-7H2,1-3H3,(H,12,15,16). The number of nitrogens with zero attached hydrogens (tertiary/aromatic N) is 1. The SMILES string of the molecule is COC(=O)NC(=O)CN1CC(CO)OC(C)(C)C1. The molecule has 7 nitrogen and oxygen atoms in total. The van der Waals surface area contributed by atoms with E-state index in [4.69, 9.17) is 9.84 Å². The fraction of sp³-hybridized carbons (Fsp3) is 0.818. The average Bonchev–Trinajstić information content (AvgIpc) is 2.26. The number of morpholine rings is 1. The molecule has 2 amide bonds. The van der Waals surface area contributed by atoms with Crippen molar-refractivity contribution in [2.24, 2.45) is 0 Å². The fourth-order valence-electron chi connectivity index (χ4n) is 2.04. The van der Waals surface area contributed by atoms with Gasteiger partial charge in [-0.1, -0.05) is 0 Å². The van der Waals surface area contributed by atoms with Crippen molar-refractivity contribution in [3.05, 3.63) is 0 Å². The van der Waals surface area contributed by atoms with Gasteiger partial charge in [0.1, 0.15) is 0 Å².